The SMILES string of the molecule is COc1ccc(S(=O)(=O)N2CCC(CNC(=O)CCl)CC2)cc1. The van der Waals surface area contributed by atoms with E-state index in [0.29, 0.717) is 25.4 Å². The molecule has 1 aromatic rings. The fourth-order valence-electron chi connectivity index (χ4n) is 2.56. The van der Waals surface area contributed by atoms with Crippen molar-refractivity contribution >= 4 is 27.5 Å². The number of hydrogen-bond acceptors (Lipinski definition) is 4. The van der Waals surface area contributed by atoms with Gasteiger partial charge in [-0.15, -0.1) is 11.6 Å². The van der Waals surface area contributed by atoms with Gasteiger partial charge in [0.2, 0.25) is 15.9 Å². The maximum Gasteiger partial charge on any atom is 0.243 e. The number of rotatable bonds is 6. The van der Waals surface area contributed by atoms with E-state index in [2.05, 4.69) is 5.32 Å². The molecule has 1 fully saturated rings. The molecule has 1 heterocycles. The van der Waals surface area contributed by atoms with Crippen LogP contribution in [0.4, 0.5) is 0 Å². The molecule has 0 aliphatic carbocycles. The van der Waals surface area contributed by atoms with Gasteiger partial charge in [0.1, 0.15) is 11.6 Å². The highest BCUT2D eigenvalue weighted by atomic mass is 35.5. The van der Waals surface area contributed by atoms with Crippen LogP contribution >= 0.6 is 11.6 Å². The summed E-state index contributed by atoms with van der Waals surface area (Å²) < 4.78 is 31.7. The van der Waals surface area contributed by atoms with Gasteiger partial charge in [-0.25, -0.2) is 8.42 Å². The smallest absolute Gasteiger partial charge is 0.243 e. The topological polar surface area (TPSA) is 75.7 Å². The molecule has 0 saturated carbocycles. The first-order valence-electron chi connectivity index (χ1n) is 7.44. The summed E-state index contributed by atoms with van der Waals surface area (Å²) in [5.41, 5.74) is 0. The van der Waals surface area contributed by atoms with Crippen LogP contribution in [-0.4, -0.2) is 51.3 Å². The van der Waals surface area contributed by atoms with Gasteiger partial charge >= 0.3 is 0 Å². The third-order valence-corrected chi connectivity index (χ3v) is 6.14. The van der Waals surface area contributed by atoms with Gasteiger partial charge in [-0.1, -0.05) is 0 Å². The molecule has 1 aliphatic heterocycles. The first-order chi connectivity index (χ1) is 11.0. The van der Waals surface area contributed by atoms with E-state index in [1.807, 2.05) is 0 Å². The molecule has 1 amide bonds. The van der Waals surface area contributed by atoms with Gasteiger partial charge < -0.3 is 10.1 Å². The van der Waals surface area contributed by atoms with Crippen molar-refractivity contribution in [1.82, 2.24) is 9.62 Å². The largest absolute Gasteiger partial charge is 0.497 e. The number of sulfonamides is 1. The van der Waals surface area contributed by atoms with Gasteiger partial charge in [-0.05, 0) is 43.0 Å². The number of hydrogen-bond donors (Lipinski definition) is 1. The molecule has 1 aromatic carbocycles. The molecular weight excluding hydrogens is 340 g/mol. The summed E-state index contributed by atoms with van der Waals surface area (Å²) in [7, 11) is -1.94. The van der Waals surface area contributed by atoms with Crippen LogP contribution in [0.5, 0.6) is 5.75 Å². The number of carbonyl (C=O) groups excluding carboxylic acids is 1. The highest BCUT2D eigenvalue weighted by Gasteiger charge is 2.29. The minimum atomic E-state index is -3.48. The zero-order chi connectivity index (χ0) is 16.9. The molecule has 1 aliphatic rings. The molecular formula is C15H21ClN2O4S. The lowest BCUT2D eigenvalue weighted by atomic mass is 9.98. The van der Waals surface area contributed by atoms with Crippen LogP contribution in [0.25, 0.3) is 0 Å². The van der Waals surface area contributed by atoms with Crippen molar-refractivity contribution < 1.29 is 17.9 Å². The second-order valence-corrected chi connectivity index (χ2v) is 7.67. The molecule has 0 aromatic heterocycles. The molecule has 0 atom stereocenters. The molecule has 2 rings (SSSR count). The van der Waals surface area contributed by atoms with Crippen LogP contribution in [-0.2, 0) is 14.8 Å². The maximum atomic E-state index is 12.6. The first-order valence-corrected chi connectivity index (χ1v) is 9.41. The molecule has 128 valence electrons. The van der Waals surface area contributed by atoms with Crippen molar-refractivity contribution in [1.29, 1.82) is 0 Å². The number of piperidine rings is 1. The second kappa shape index (κ2) is 7.99. The number of nitrogens with zero attached hydrogens (tertiary/aromatic N) is 1. The van der Waals surface area contributed by atoms with Crippen molar-refractivity contribution in [3.8, 4) is 5.75 Å². The molecule has 0 bridgehead atoms. The summed E-state index contributed by atoms with van der Waals surface area (Å²) in [6.45, 7) is 1.45. The normalized spacial score (nSPS) is 17.0. The lowest BCUT2D eigenvalue weighted by Gasteiger charge is -2.31. The second-order valence-electron chi connectivity index (χ2n) is 5.46. The van der Waals surface area contributed by atoms with Crippen LogP contribution < -0.4 is 10.1 Å². The maximum absolute atomic E-state index is 12.6. The minimum absolute atomic E-state index is 0.0509. The third-order valence-electron chi connectivity index (χ3n) is 3.98. The fourth-order valence-corrected chi connectivity index (χ4v) is 4.12. The van der Waals surface area contributed by atoms with Gasteiger partial charge in [0.25, 0.3) is 0 Å². The van der Waals surface area contributed by atoms with Crippen LogP contribution in [0.15, 0.2) is 29.2 Å². The van der Waals surface area contributed by atoms with E-state index in [4.69, 9.17) is 16.3 Å². The Morgan fingerprint density at radius 2 is 1.91 bits per heavy atom. The average Bonchev–Trinajstić information content (AvgIpc) is 2.60. The van der Waals surface area contributed by atoms with Gasteiger partial charge in [-0.2, -0.15) is 4.31 Å². The quantitative estimate of drug-likeness (QED) is 0.779. The van der Waals surface area contributed by atoms with Crippen LogP contribution in [0, 0.1) is 5.92 Å². The van der Waals surface area contributed by atoms with E-state index < -0.39 is 10.0 Å². The Kier molecular flexibility index (Phi) is 6.26. The van der Waals surface area contributed by atoms with Crippen LogP contribution in [0.3, 0.4) is 0 Å². The van der Waals surface area contributed by atoms with E-state index >= 15 is 0 Å². The van der Waals surface area contributed by atoms with Crippen LogP contribution in [0.1, 0.15) is 12.8 Å². The molecule has 23 heavy (non-hydrogen) atoms. The van der Waals surface area contributed by atoms with Gasteiger partial charge in [0.05, 0.1) is 12.0 Å². The van der Waals surface area contributed by atoms with E-state index in [1.54, 1.807) is 24.3 Å². The van der Waals surface area contributed by atoms with Gasteiger partial charge in [-0.3, -0.25) is 4.79 Å². The van der Waals surface area contributed by atoms with Crippen molar-refractivity contribution in [2.45, 2.75) is 17.7 Å². The summed E-state index contributed by atoms with van der Waals surface area (Å²) in [6.07, 6.45) is 1.44. The van der Waals surface area contributed by atoms with Crippen molar-refractivity contribution in [2.24, 2.45) is 5.92 Å². The molecule has 1 saturated heterocycles. The Morgan fingerprint density at radius 3 is 2.43 bits per heavy atom. The number of benzene rings is 1. The van der Waals surface area contributed by atoms with Crippen molar-refractivity contribution in [3.63, 3.8) is 0 Å². The molecule has 6 nitrogen and oxygen atoms in total. The Hall–Kier alpha value is -1.31. The summed E-state index contributed by atoms with van der Waals surface area (Å²) in [4.78, 5) is 11.4. The lowest BCUT2D eigenvalue weighted by Crippen LogP contribution is -2.41. The van der Waals surface area contributed by atoms with E-state index in [1.165, 1.54) is 11.4 Å². The summed E-state index contributed by atoms with van der Waals surface area (Å²) in [5.74, 6) is 0.659. The molecule has 0 unspecified atom stereocenters. The number of amides is 1. The number of ether oxygens (including phenoxy) is 1. The molecule has 8 heteroatoms. The minimum Gasteiger partial charge on any atom is -0.497 e. The van der Waals surface area contributed by atoms with Crippen molar-refractivity contribution in [2.75, 3.05) is 32.6 Å². The Balaban J connectivity index is 1.94. The molecule has 0 spiro atoms. The number of nitrogens with one attached hydrogen (secondary N) is 1. The van der Waals surface area contributed by atoms with Gasteiger partial charge in [0, 0.05) is 19.6 Å². The zero-order valence-corrected chi connectivity index (χ0v) is 14.6. The highest BCUT2D eigenvalue weighted by molar-refractivity contribution is 7.89. The first kappa shape index (κ1) is 18.0. The van der Waals surface area contributed by atoms with Crippen LogP contribution in [0.2, 0.25) is 0 Å². The van der Waals surface area contributed by atoms with E-state index in [-0.39, 0.29) is 22.6 Å². The third kappa shape index (κ3) is 4.59. The average molecular weight is 361 g/mol. The Morgan fingerprint density at radius 1 is 1.30 bits per heavy atom. The lowest BCUT2D eigenvalue weighted by molar-refractivity contribution is -0.118. The number of halogens is 1. The molecule has 0 radical (unpaired) electrons. The molecule has 1 N–H and O–H groups in total. The predicted octanol–water partition coefficient (Wildman–Crippen LogP) is 1.45. The van der Waals surface area contributed by atoms with E-state index in [9.17, 15) is 13.2 Å². The standard InChI is InChI=1S/C15H21ClN2O4S/c1-22-13-2-4-14(5-3-13)23(20,21)18-8-6-12(7-9-18)11-17-15(19)10-16/h2-5,12H,6-11H2,1H3,(H,17,19). The fraction of sp³-hybridized carbons (Fsp3) is 0.533. The Labute approximate surface area is 141 Å². The van der Waals surface area contributed by atoms with Gasteiger partial charge in [0.15, 0.2) is 0 Å². The zero-order valence-electron chi connectivity index (χ0n) is 13.0. The summed E-state index contributed by atoms with van der Waals surface area (Å²) >= 11 is 5.43. The van der Waals surface area contributed by atoms with Crippen molar-refractivity contribution in [3.05, 3.63) is 24.3 Å². The predicted molar refractivity (Wildman–Crippen MR) is 88.2 cm³/mol. The summed E-state index contributed by atoms with van der Waals surface area (Å²) in [6, 6.07) is 6.39. The highest BCUT2D eigenvalue weighted by Crippen LogP contribution is 2.24. The Bertz CT molecular complexity index is 625. The van der Waals surface area contributed by atoms with E-state index in [0.717, 1.165) is 12.8 Å². The number of carbonyl (C=O) groups is 1. The summed E-state index contributed by atoms with van der Waals surface area (Å²) in [5, 5.41) is 2.75. The number of alkyl halides is 1. The monoisotopic (exact) mass is 360 g/mol. The number of methoxy groups -OCH3 is 1.